The van der Waals surface area contributed by atoms with Crippen molar-refractivity contribution in [3.8, 4) is 11.4 Å². The summed E-state index contributed by atoms with van der Waals surface area (Å²) in [6, 6.07) is 17.8. The first-order valence-electron chi connectivity index (χ1n) is 7.70. The van der Waals surface area contributed by atoms with Crippen LogP contribution in [0.3, 0.4) is 0 Å². The van der Waals surface area contributed by atoms with E-state index in [1.807, 2.05) is 47.0 Å². The van der Waals surface area contributed by atoms with Crippen LogP contribution in [0.2, 0.25) is 0 Å². The number of nitrogens with zero attached hydrogens (tertiary/aromatic N) is 2. The number of benzene rings is 2. The molecule has 0 aliphatic rings. The highest BCUT2D eigenvalue weighted by atomic mass is 32.1. The molecule has 2 N–H and O–H groups in total. The summed E-state index contributed by atoms with van der Waals surface area (Å²) in [7, 11) is 0. The van der Waals surface area contributed by atoms with E-state index in [-0.39, 0.29) is 5.91 Å². The normalized spacial score (nSPS) is 10.5. The molecule has 5 nitrogen and oxygen atoms in total. The number of aryl methyl sites for hydroxylation is 1. The van der Waals surface area contributed by atoms with Gasteiger partial charge in [0.05, 0.1) is 0 Å². The van der Waals surface area contributed by atoms with E-state index in [0.29, 0.717) is 4.77 Å². The lowest BCUT2D eigenvalue weighted by molar-refractivity contribution is -0.114. The fourth-order valence-corrected chi connectivity index (χ4v) is 2.76. The third kappa shape index (κ3) is 3.78. The summed E-state index contributed by atoms with van der Waals surface area (Å²) in [6.45, 7) is 2.24. The number of rotatable bonds is 5. The maximum Gasteiger partial charge on any atom is 0.221 e. The summed E-state index contributed by atoms with van der Waals surface area (Å²) in [6.07, 6.45) is 0.881. The van der Waals surface area contributed by atoms with Crippen molar-refractivity contribution in [1.82, 2.24) is 14.8 Å². The van der Waals surface area contributed by atoms with Gasteiger partial charge < -0.3 is 5.32 Å². The molecule has 0 fully saturated rings. The molecule has 3 rings (SSSR count). The molecule has 1 amide bonds. The lowest BCUT2D eigenvalue weighted by Gasteiger charge is -2.08. The van der Waals surface area contributed by atoms with Crippen LogP contribution in [0.1, 0.15) is 12.5 Å². The second-order valence-corrected chi connectivity index (χ2v) is 5.88. The van der Waals surface area contributed by atoms with E-state index in [0.717, 1.165) is 30.0 Å². The van der Waals surface area contributed by atoms with Crippen molar-refractivity contribution in [2.24, 2.45) is 0 Å². The van der Waals surface area contributed by atoms with E-state index in [1.165, 1.54) is 12.5 Å². The molecule has 122 valence electrons. The Labute approximate surface area is 145 Å². The van der Waals surface area contributed by atoms with Crippen LogP contribution in [-0.2, 0) is 17.8 Å². The summed E-state index contributed by atoms with van der Waals surface area (Å²) in [4.78, 5) is 11.1. The van der Waals surface area contributed by atoms with Crippen LogP contribution < -0.4 is 5.32 Å². The zero-order valence-corrected chi connectivity index (χ0v) is 14.1. The standard InChI is InChI=1S/C18H18N4OS/c1-13(23)19-16-9-7-15(8-10-16)17-20-21-18(24)22(17)12-11-14-5-3-2-4-6-14/h2-10H,11-12H2,1H3,(H,19,23)(H,21,24). The fourth-order valence-electron chi connectivity index (χ4n) is 2.54. The minimum atomic E-state index is -0.0895. The lowest BCUT2D eigenvalue weighted by Crippen LogP contribution is -2.06. The first kappa shape index (κ1) is 16.1. The highest BCUT2D eigenvalue weighted by Crippen LogP contribution is 2.20. The average molecular weight is 338 g/mol. The Kier molecular flexibility index (Phi) is 4.86. The first-order valence-corrected chi connectivity index (χ1v) is 8.11. The molecule has 0 saturated heterocycles. The largest absolute Gasteiger partial charge is 0.326 e. The molecule has 0 unspecified atom stereocenters. The van der Waals surface area contributed by atoms with Gasteiger partial charge in [0, 0.05) is 24.7 Å². The van der Waals surface area contributed by atoms with Crippen molar-refractivity contribution in [3.05, 3.63) is 64.9 Å². The van der Waals surface area contributed by atoms with Gasteiger partial charge in [0.1, 0.15) is 0 Å². The molecule has 0 aliphatic heterocycles. The molecule has 3 aromatic rings. The van der Waals surface area contributed by atoms with Crippen molar-refractivity contribution < 1.29 is 4.79 Å². The summed E-state index contributed by atoms with van der Waals surface area (Å²) in [5.74, 6) is 0.707. The average Bonchev–Trinajstić information content (AvgIpc) is 2.95. The molecule has 0 bridgehead atoms. The number of carbonyl (C=O) groups is 1. The van der Waals surface area contributed by atoms with Gasteiger partial charge in [0.25, 0.3) is 0 Å². The van der Waals surface area contributed by atoms with Crippen molar-refractivity contribution in [1.29, 1.82) is 0 Å². The Morgan fingerprint density at radius 3 is 2.54 bits per heavy atom. The number of hydrogen-bond donors (Lipinski definition) is 2. The molecular formula is C18H18N4OS. The van der Waals surface area contributed by atoms with E-state index in [2.05, 4.69) is 27.6 Å². The maximum atomic E-state index is 11.1. The van der Waals surface area contributed by atoms with Gasteiger partial charge in [-0.1, -0.05) is 30.3 Å². The Balaban J connectivity index is 1.81. The van der Waals surface area contributed by atoms with Crippen LogP contribution in [0.4, 0.5) is 5.69 Å². The van der Waals surface area contributed by atoms with Gasteiger partial charge in [-0.25, -0.2) is 0 Å². The van der Waals surface area contributed by atoms with Gasteiger partial charge in [0.2, 0.25) is 5.91 Å². The summed E-state index contributed by atoms with van der Waals surface area (Å²) in [5, 5.41) is 9.97. The summed E-state index contributed by atoms with van der Waals surface area (Å²) >= 11 is 5.36. The highest BCUT2D eigenvalue weighted by Gasteiger charge is 2.09. The van der Waals surface area contributed by atoms with E-state index in [9.17, 15) is 4.79 Å². The number of aromatic amines is 1. The number of nitrogens with one attached hydrogen (secondary N) is 2. The molecular weight excluding hydrogens is 320 g/mol. The third-order valence-electron chi connectivity index (χ3n) is 3.69. The summed E-state index contributed by atoms with van der Waals surface area (Å²) < 4.78 is 2.60. The van der Waals surface area contributed by atoms with Gasteiger partial charge in [0.15, 0.2) is 10.6 Å². The van der Waals surface area contributed by atoms with E-state index >= 15 is 0 Å². The SMILES string of the molecule is CC(=O)Nc1ccc(-c2n[nH]c(=S)n2CCc2ccccc2)cc1. The Morgan fingerprint density at radius 2 is 1.88 bits per heavy atom. The van der Waals surface area contributed by atoms with Crippen molar-refractivity contribution in [2.75, 3.05) is 5.32 Å². The lowest BCUT2D eigenvalue weighted by atomic mass is 10.1. The molecule has 0 aliphatic carbocycles. The molecule has 1 heterocycles. The zero-order chi connectivity index (χ0) is 16.9. The van der Waals surface area contributed by atoms with Gasteiger partial charge in [-0.15, -0.1) is 0 Å². The van der Waals surface area contributed by atoms with Crippen molar-refractivity contribution in [2.45, 2.75) is 19.9 Å². The molecule has 1 aromatic heterocycles. The van der Waals surface area contributed by atoms with Gasteiger partial charge in [-0.2, -0.15) is 5.10 Å². The van der Waals surface area contributed by atoms with Crippen LogP contribution in [-0.4, -0.2) is 20.7 Å². The molecule has 0 saturated carbocycles. The number of hydrogen-bond acceptors (Lipinski definition) is 3. The number of anilines is 1. The second-order valence-electron chi connectivity index (χ2n) is 5.50. The predicted octanol–water partition coefficient (Wildman–Crippen LogP) is 3.81. The molecule has 2 aromatic carbocycles. The van der Waals surface area contributed by atoms with Crippen molar-refractivity contribution >= 4 is 23.8 Å². The van der Waals surface area contributed by atoms with Crippen LogP contribution in [0.15, 0.2) is 54.6 Å². The molecule has 0 spiro atoms. The van der Waals surface area contributed by atoms with E-state index in [4.69, 9.17) is 12.2 Å². The Hall–Kier alpha value is -2.73. The minimum absolute atomic E-state index is 0.0895. The Bertz CT molecular complexity index is 881. The van der Waals surface area contributed by atoms with Crippen LogP contribution in [0, 0.1) is 4.77 Å². The minimum Gasteiger partial charge on any atom is -0.326 e. The topological polar surface area (TPSA) is 62.7 Å². The number of amides is 1. The first-order chi connectivity index (χ1) is 11.6. The van der Waals surface area contributed by atoms with Gasteiger partial charge >= 0.3 is 0 Å². The second kappa shape index (κ2) is 7.23. The third-order valence-corrected chi connectivity index (χ3v) is 4.00. The number of aromatic nitrogens is 3. The number of carbonyl (C=O) groups excluding carboxylic acids is 1. The molecule has 0 radical (unpaired) electrons. The Morgan fingerprint density at radius 1 is 1.17 bits per heavy atom. The van der Waals surface area contributed by atoms with E-state index < -0.39 is 0 Å². The molecule has 6 heteroatoms. The van der Waals surface area contributed by atoms with Crippen LogP contribution >= 0.6 is 12.2 Å². The quantitative estimate of drug-likeness (QED) is 0.695. The summed E-state index contributed by atoms with van der Waals surface area (Å²) in [5.41, 5.74) is 2.97. The van der Waals surface area contributed by atoms with Crippen molar-refractivity contribution in [3.63, 3.8) is 0 Å². The number of H-pyrrole nitrogens is 1. The maximum absolute atomic E-state index is 11.1. The van der Waals surface area contributed by atoms with Crippen LogP contribution in [0.25, 0.3) is 11.4 Å². The molecule has 0 atom stereocenters. The van der Waals surface area contributed by atoms with Gasteiger partial charge in [-0.05, 0) is 48.5 Å². The fraction of sp³-hybridized carbons (Fsp3) is 0.167. The predicted molar refractivity (Wildman–Crippen MR) is 97.3 cm³/mol. The monoisotopic (exact) mass is 338 g/mol. The molecule has 24 heavy (non-hydrogen) atoms. The smallest absolute Gasteiger partial charge is 0.221 e. The van der Waals surface area contributed by atoms with Crippen LogP contribution in [0.5, 0.6) is 0 Å². The zero-order valence-electron chi connectivity index (χ0n) is 13.3. The van der Waals surface area contributed by atoms with E-state index in [1.54, 1.807) is 0 Å². The highest BCUT2D eigenvalue weighted by molar-refractivity contribution is 7.71. The van der Waals surface area contributed by atoms with Gasteiger partial charge in [-0.3, -0.25) is 14.5 Å².